The Labute approximate surface area is 138 Å². The molecule has 4 aromatic carbocycles. The molecular weight excluding hydrogens is 296 g/mol. The summed E-state index contributed by atoms with van der Waals surface area (Å²) in [5.74, 6) is 0. The van der Waals surface area contributed by atoms with Crippen molar-refractivity contribution in [3.63, 3.8) is 0 Å². The fourth-order valence-corrected chi connectivity index (χ4v) is 4.37. The summed E-state index contributed by atoms with van der Waals surface area (Å²) in [6, 6.07) is 24.4. The van der Waals surface area contributed by atoms with Crippen LogP contribution >= 0.6 is 0 Å². The quantitative estimate of drug-likeness (QED) is 0.405. The molecule has 0 unspecified atom stereocenters. The zero-order chi connectivity index (χ0) is 15.8. The summed E-state index contributed by atoms with van der Waals surface area (Å²) in [5, 5.41) is 9.27. The third kappa shape index (κ3) is 2.76. The van der Waals surface area contributed by atoms with E-state index in [-0.39, 0.29) is 0 Å². The smallest absolute Gasteiger partial charge is 0.193 e. The minimum absolute atomic E-state index is 0.307. The van der Waals surface area contributed by atoms with Gasteiger partial charge >= 0.3 is 0 Å². The van der Waals surface area contributed by atoms with E-state index >= 15 is 0 Å². The fraction of sp³-hybridized carbons (Fsp3) is 0.143. The number of rotatable bonds is 3. The van der Waals surface area contributed by atoms with Crippen molar-refractivity contribution in [1.82, 2.24) is 0 Å². The topological polar surface area (TPSA) is 9.23 Å². The fourth-order valence-electron chi connectivity index (χ4n) is 3.17. The predicted molar refractivity (Wildman–Crippen MR) is 103 cm³/mol. The SMILES string of the molecule is CC(C)O[SiH2]c1cccc2cc3cc4ccccc4cc3cc12. The number of hydrogen-bond donors (Lipinski definition) is 0. The Balaban J connectivity index is 1.93. The van der Waals surface area contributed by atoms with E-state index in [1.165, 1.54) is 37.5 Å². The van der Waals surface area contributed by atoms with Gasteiger partial charge in [-0.2, -0.15) is 0 Å². The normalized spacial score (nSPS) is 12.3. The second kappa shape index (κ2) is 5.80. The lowest BCUT2D eigenvalue weighted by molar-refractivity contribution is 0.260. The van der Waals surface area contributed by atoms with E-state index in [2.05, 4.69) is 80.6 Å². The van der Waals surface area contributed by atoms with Crippen molar-refractivity contribution >= 4 is 47.3 Å². The summed E-state index contributed by atoms with van der Waals surface area (Å²) < 4.78 is 5.96. The van der Waals surface area contributed by atoms with Crippen LogP contribution in [0, 0.1) is 0 Å². The molecule has 0 saturated carbocycles. The van der Waals surface area contributed by atoms with E-state index in [9.17, 15) is 0 Å². The van der Waals surface area contributed by atoms with Crippen LogP contribution in [0.5, 0.6) is 0 Å². The predicted octanol–water partition coefficient (Wildman–Crippen LogP) is 4.28. The summed E-state index contributed by atoms with van der Waals surface area (Å²) in [4.78, 5) is 0. The molecule has 0 amide bonds. The molecule has 0 fully saturated rings. The first-order valence-electron chi connectivity index (χ1n) is 8.16. The van der Waals surface area contributed by atoms with Gasteiger partial charge in [-0.3, -0.25) is 0 Å². The van der Waals surface area contributed by atoms with Gasteiger partial charge in [0.15, 0.2) is 9.76 Å². The summed E-state index contributed by atoms with van der Waals surface area (Å²) in [5.41, 5.74) is 0. The van der Waals surface area contributed by atoms with E-state index in [1.807, 2.05) is 0 Å². The molecule has 0 bridgehead atoms. The van der Waals surface area contributed by atoms with Crippen LogP contribution in [0.2, 0.25) is 0 Å². The Hall–Kier alpha value is -2.16. The van der Waals surface area contributed by atoms with E-state index in [0.29, 0.717) is 6.10 Å². The third-order valence-corrected chi connectivity index (χ3v) is 6.13. The molecule has 4 rings (SSSR count). The third-order valence-electron chi connectivity index (χ3n) is 4.36. The first-order valence-corrected chi connectivity index (χ1v) is 9.45. The molecule has 23 heavy (non-hydrogen) atoms. The second-order valence-corrected chi connectivity index (χ2v) is 7.78. The van der Waals surface area contributed by atoms with E-state index in [1.54, 1.807) is 0 Å². The Morgan fingerprint density at radius 1 is 0.696 bits per heavy atom. The van der Waals surface area contributed by atoms with Gasteiger partial charge in [0.2, 0.25) is 0 Å². The molecule has 0 N–H and O–H groups in total. The van der Waals surface area contributed by atoms with Crippen LogP contribution in [-0.4, -0.2) is 15.9 Å². The summed E-state index contributed by atoms with van der Waals surface area (Å²) in [6.07, 6.45) is 0.307. The van der Waals surface area contributed by atoms with Crippen LogP contribution in [0.25, 0.3) is 32.3 Å². The molecule has 0 spiro atoms. The molecule has 0 aliphatic heterocycles. The van der Waals surface area contributed by atoms with Crippen LogP contribution in [0.3, 0.4) is 0 Å². The van der Waals surface area contributed by atoms with E-state index < -0.39 is 9.76 Å². The van der Waals surface area contributed by atoms with Gasteiger partial charge in [0.1, 0.15) is 0 Å². The minimum Gasteiger partial charge on any atom is -0.416 e. The molecule has 0 saturated heterocycles. The number of fused-ring (bicyclic) bond motifs is 3. The maximum atomic E-state index is 5.96. The number of hydrogen-bond acceptors (Lipinski definition) is 1. The van der Waals surface area contributed by atoms with Gasteiger partial charge in [-0.25, -0.2) is 0 Å². The summed E-state index contributed by atoms with van der Waals surface area (Å²) >= 11 is 0. The molecule has 1 nitrogen and oxygen atoms in total. The van der Waals surface area contributed by atoms with Gasteiger partial charge in [-0.15, -0.1) is 0 Å². The molecule has 0 atom stereocenters. The molecule has 0 aliphatic carbocycles. The van der Waals surface area contributed by atoms with Crippen LogP contribution in [-0.2, 0) is 4.43 Å². The summed E-state index contributed by atoms with van der Waals surface area (Å²) in [7, 11) is -0.688. The highest BCUT2D eigenvalue weighted by molar-refractivity contribution is 6.51. The number of benzene rings is 4. The lowest BCUT2D eigenvalue weighted by Gasteiger charge is -2.11. The maximum absolute atomic E-state index is 5.96. The van der Waals surface area contributed by atoms with Crippen molar-refractivity contribution in [3.05, 3.63) is 66.7 Å². The van der Waals surface area contributed by atoms with Gasteiger partial charge in [0.05, 0.1) is 0 Å². The first kappa shape index (κ1) is 14.4. The molecule has 0 radical (unpaired) electrons. The average Bonchev–Trinajstić information content (AvgIpc) is 2.56. The lowest BCUT2D eigenvalue weighted by Crippen LogP contribution is -2.21. The van der Waals surface area contributed by atoms with Crippen LogP contribution in [0.1, 0.15) is 13.8 Å². The van der Waals surface area contributed by atoms with Crippen LogP contribution in [0.15, 0.2) is 66.7 Å². The monoisotopic (exact) mass is 316 g/mol. The molecule has 4 aromatic rings. The van der Waals surface area contributed by atoms with E-state index in [4.69, 9.17) is 4.43 Å². The van der Waals surface area contributed by atoms with Crippen molar-refractivity contribution < 1.29 is 4.43 Å². The van der Waals surface area contributed by atoms with Gasteiger partial charge in [-0.05, 0) is 75.6 Å². The van der Waals surface area contributed by atoms with Gasteiger partial charge in [-0.1, -0.05) is 42.5 Å². The van der Waals surface area contributed by atoms with Crippen molar-refractivity contribution in [2.75, 3.05) is 0 Å². The largest absolute Gasteiger partial charge is 0.416 e. The molecule has 0 heterocycles. The Bertz CT molecular complexity index is 1000. The lowest BCUT2D eigenvalue weighted by atomic mass is 10.00. The van der Waals surface area contributed by atoms with Crippen molar-refractivity contribution in [2.24, 2.45) is 0 Å². The zero-order valence-electron chi connectivity index (χ0n) is 13.5. The highest BCUT2D eigenvalue weighted by Gasteiger charge is 2.06. The van der Waals surface area contributed by atoms with Crippen LogP contribution in [0.4, 0.5) is 0 Å². The molecule has 0 aromatic heterocycles. The standard InChI is InChI=1S/C21H20OSi/c1-14(2)22-23-21-9-5-8-17-12-18-10-15-6-3-4-7-16(15)11-19(18)13-20(17)21/h3-14H,23H2,1-2H3. The van der Waals surface area contributed by atoms with Crippen molar-refractivity contribution in [2.45, 2.75) is 20.0 Å². The Morgan fingerprint density at radius 2 is 1.30 bits per heavy atom. The molecular formula is C21H20OSi. The highest BCUT2D eigenvalue weighted by Crippen LogP contribution is 2.26. The highest BCUT2D eigenvalue weighted by atomic mass is 28.2. The first-order chi connectivity index (χ1) is 11.2. The minimum atomic E-state index is -0.688. The Kier molecular flexibility index (Phi) is 3.64. The average molecular weight is 316 g/mol. The molecule has 114 valence electrons. The van der Waals surface area contributed by atoms with Crippen LogP contribution < -0.4 is 5.19 Å². The summed E-state index contributed by atoms with van der Waals surface area (Å²) in [6.45, 7) is 4.22. The zero-order valence-corrected chi connectivity index (χ0v) is 15.0. The van der Waals surface area contributed by atoms with Gasteiger partial charge in [0, 0.05) is 6.10 Å². The van der Waals surface area contributed by atoms with Crippen molar-refractivity contribution in [3.8, 4) is 0 Å². The molecule has 0 aliphatic rings. The Morgan fingerprint density at radius 3 is 2.00 bits per heavy atom. The maximum Gasteiger partial charge on any atom is 0.193 e. The van der Waals surface area contributed by atoms with Gasteiger partial charge in [0.25, 0.3) is 0 Å². The van der Waals surface area contributed by atoms with Gasteiger partial charge < -0.3 is 4.43 Å². The van der Waals surface area contributed by atoms with E-state index in [0.717, 1.165) is 0 Å². The van der Waals surface area contributed by atoms with Crippen molar-refractivity contribution in [1.29, 1.82) is 0 Å². The molecule has 2 heteroatoms. The second-order valence-electron chi connectivity index (χ2n) is 6.40.